The summed E-state index contributed by atoms with van der Waals surface area (Å²) < 4.78 is 0. The second kappa shape index (κ2) is 7.66. The molecule has 0 bridgehead atoms. The molecule has 0 radical (unpaired) electrons. The molecule has 142 valence electrons. The highest BCUT2D eigenvalue weighted by Crippen LogP contribution is 2.24. The second-order valence-electron chi connectivity index (χ2n) is 7.77. The summed E-state index contributed by atoms with van der Waals surface area (Å²) in [4.78, 5) is 30.9. The summed E-state index contributed by atoms with van der Waals surface area (Å²) in [6.07, 6.45) is 2.36. The fourth-order valence-corrected chi connectivity index (χ4v) is 3.77. The molecule has 1 aromatic carbocycles. The van der Waals surface area contributed by atoms with Crippen molar-refractivity contribution in [3.8, 4) is 0 Å². The third-order valence-corrected chi connectivity index (χ3v) is 5.81. The van der Waals surface area contributed by atoms with Crippen molar-refractivity contribution in [2.45, 2.75) is 45.2 Å². The summed E-state index contributed by atoms with van der Waals surface area (Å²) in [6, 6.07) is 6.14. The van der Waals surface area contributed by atoms with Gasteiger partial charge in [-0.1, -0.05) is 6.07 Å². The lowest BCUT2D eigenvalue weighted by molar-refractivity contribution is -0.117. The summed E-state index contributed by atoms with van der Waals surface area (Å²) in [6.45, 7) is 6.69. The first-order chi connectivity index (χ1) is 12.3. The van der Waals surface area contributed by atoms with Gasteiger partial charge in [0.05, 0.1) is 6.04 Å². The quantitative estimate of drug-likeness (QED) is 0.901. The van der Waals surface area contributed by atoms with E-state index in [1.54, 1.807) is 4.90 Å². The van der Waals surface area contributed by atoms with Gasteiger partial charge in [0, 0.05) is 31.7 Å². The van der Waals surface area contributed by atoms with Gasteiger partial charge in [-0.25, -0.2) is 4.79 Å². The van der Waals surface area contributed by atoms with Crippen LogP contribution in [0.3, 0.4) is 0 Å². The Morgan fingerprint density at radius 2 is 1.88 bits per heavy atom. The molecule has 1 atom stereocenters. The van der Waals surface area contributed by atoms with Crippen LogP contribution in [0.5, 0.6) is 0 Å². The first-order valence-corrected chi connectivity index (χ1v) is 9.44. The molecule has 6 heteroatoms. The van der Waals surface area contributed by atoms with Gasteiger partial charge in [-0.2, -0.15) is 0 Å². The number of anilines is 1. The Morgan fingerprint density at radius 3 is 2.54 bits per heavy atom. The fraction of sp³-hybridized carbons (Fsp3) is 0.600. The molecule has 2 aliphatic rings. The molecule has 0 saturated carbocycles. The zero-order valence-electron chi connectivity index (χ0n) is 16.3. The van der Waals surface area contributed by atoms with Crippen LogP contribution in [0.2, 0.25) is 0 Å². The van der Waals surface area contributed by atoms with Crippen molar-refractivity contribution in [2.75, 3.05) is 38.6 Å². The molecule has 0 aliphatic carbocycles. The van der Waals surface area contributed by atoms with Gasteiger partial charge >= 0.3 is 6.03 Å². The molecule has 2 heterocycles. The van der Waals surface area contributed by atoms with E-state index in [1.165, 1.54) is 11.1 Å². The molecule has 1 aromatic rings. The topological polar surface area (TPSA) is 55.9 Å². The highest BCUT2D eigenvalue weighted by Gasteiger charge is 2.33. The van der Waals surface area contributed by atoms with Crippen LogP contribution in [0.15, 0.2) is 18.2 Å². The van der Waals surface area contributed by atoms with Gasteiger partial charge in [0.15, 0.2) is 0 Å². The molecule has 2 fully saturated rings. The summed E-state index contributed by atoms with van der Waals surface area (Å²) in [5.41, 5.74) is 3.30. The van der Waals surface area contributed by atoms with E-state index in [4.69, 9.17) is 0 Å². The summed E-state index contributed by atoms with van der Waals surface area (Å²) in [7, 11) is 3.98. The zero-order valence-corrected chi connectivity index (χ0v) is 16.3. The van der Waals surface area contributed by atoms with Crippen molar-refractivity contribution < 1.29 is 9.59 Å². The van der Waals surface area contributed by atoms with Crippen LogP contribution in [-0.2, 0) is 4.79 Å². The molecule has 3 amide bonds. The summed E-state index contributed by atoms with van der Waals surface area (Å²) in [5.74, 6) is 0.0699. The van der Waals surface area contributed by atoms with Gasteiger partial charge in [-0.05, 0) is 70.1 Å². The van der Waals surface area contributed by atoms with Gasteiger partial charge in [-0.3, -0.25) is 4.79 Å². The van der Waals surface area contributed by atoms with E-state index in [0.717, 1.165) is 31.6 Å². The average Bonchev–Trinajstić information content (AvgIpc) is 2.97. The van der Waals surface area contributed by atoms with E-state index in [-0.39, 0.29) is 24.0 Å². The van der Waals surface area contributed by atoms with E-state index < -0.39 is 0 Å². The smallest absolute Gasteiger partial charge is 0.317 e. The minimum Gasteiger partial charge on any atom is -0.333 e. The highest BCUT2D eigenvalue weighted by atomic mass is 16.2. The Morgan fingerprint density at radius 1 is 1.19 bits per heavy atom. The molecule has 2 aliphatic heterocycles. The maximum Gasteiger partial charge on any atom is 0.317 e. The predicted molar refractivity (Wildman–Crippen MR) is 103 cm³/mol. The number of amides is 3. The first kappa shape index (κ1) is 18.7. The highest BCUT2D eigenvalue weighted by molar-refractivity contribution is 5.96. The van der Waals surface area contributed by atoms with Crippen molar-refractivity contribution in [2.24, 2.45) is 0 Å². The number of nitrogens with zero attached hydrogens (tertiary/aromatic N) is 3. The maximum atomic E-state index is 12.6. The number of likely N-dealkylation sites (tertiary alicyclic amines) is 1. The number of aryl methyl sites for hydroxylation is 2. The van der Waals surface area contributed by atoms with E-state index in [2.05, 4.69) is 31.1 Å². The third-order valence-electron chi connectivity index (χ3n) is 5.81. The number of carbonyl (C=O) groups excluding carboxylic acids is 2. The number of benzene rings is 1. The average molecular weight is 358 g/mol. The van der Waals surface area contributed by atoms with Crippen LogP contribution in [0.25, 0.3) is 0 Å². The number of nitrogens with one attached hydrogen (secondary N) is 1. The van der Waals surface area contributed by atoms with E-state index in [9.17, 15) is 9.59 Å². The van der Waals surface area contributed by atoms with E-state index >= 15 is 0 Å². The minimum absolute atomic E-state index is 0.0699. The van der Waals surface area contributed by atoms with Crippen LogP contribution >= 0.6 is 0 Å². The SMILES string of the molecule is Cc1ccc(N2C[C@H](NC(=O)N(C)C3CCN(C)CC3)CC2=O)cc1C. The van der Waals surface area contributed by atoms with Gasteiger partial charge < -0.3 is 20.0 Å². The molecule has 0 spiro atoms. The van der Waals surface area contributed by atoms with Crippen LogP contribution < -0.4 is 10.2 Å². The largest absolute Gasteiger partial charge is 0.333 e. The van der Waals surface area contributed by atoms with Crippen molar-refractivity contribution in [3.63, 3.8) is 0 Å². The Balaban J connectivity index is 1.58. The molecule has 0 unspecified atom stereocenters. The lowest BCUT2D eigenvalue weighted by Gasteiger charge is -2.35. The molecule has 3 rings (SSSR count). The van der Waals surface area contributed by atoms with Crippen molar-refractivity contribution in [3.05, 3.63) is 29.3 Å². The zero-order chi connectivity index (χ0) is 18.8. The maximum absolute atomic E-state index is 12.6. The fourth-order valence-electron chi connectivity index (χ4n) is 3.77. The van der Waals surface area contributed by atoms with E-state index in [0.29, 0.717) is 13.0 Å². The number of urea groups is 1. The van der Waals surface area contributed by atoms with Crippen LogP contribution in [-0.4, -0.2) is 67.6 Å². The van der Waals surface area contributed by atoms with Crippen LogP contribution in [0, 0.1) is 13.8 Å². The first-order valence-electron chi connectivity index (χ1n) is 9.44. The Kier molecular flexibility index (Phi) is 5.51. The molecule has 26 heavy (non-hydrogen) atoms. The molecule has 1 N–H and O–H groups in total. The number of carbonyl (C=O) groups is 2. The molecule has 6 nitrogen and oxygen atoms in total. The monoisotopic (exact) mass is 358 g/mol. The normalized spacial score (nSPS) is 21.9. The molecular weight excluding hydrogens is 328 g/mol. The van der Waals surface area contributed by atoms with Crippen LogP contribution in [0.4, 0.5) is 10.5 Å². The Bertz CT molecular complexity index is 682. The predicted octanol–water partition coefficient (Wildman–Crippen LogP) is 2.14. The van der Waals surface area contributed by atoms with Crippen molar-refractivity contribution >= 4 is 17.6 Å². The Hall–Kier alpha value is -2.08. The van der Waals surface area contributed by atoms with Gasteiger partial charge in [0.25, 0.3) is 0 Å². The molecule has 0 aromatic heterocycles. The molecular formula is C20H30N4O2. The lowest BCUT2D eigenvalue weighted by atomic mass is 10.0. The number of hydrogen-bond acceptors (Lipinski definition) is 3. The van der Waals surface area contributed by atoms with Crippen LogP contribution in [0.1, 0.15) is 30.4 Å². The number of piperidine rings is 1. The van der Waals surface area contributed by atoms with Gasteiger partial charge in [0.2, 0.25) is 5.91 Å². The standard InChI is InChI=1S/C20H30N4O2/c1-14-5-6-18(11-15(14)2)24-13-16(12-19(24)25)21-20(26)23(4)17-7-9-22(3)10-8-17/h5-6,11,16-17H,7-10,12-13H2,1-4H3,(H,21,26)/t16-/m1/s1. The van der Waals surface area contributed by atoms with Gasteiger partial charge in [0.1, 0.15) is 0 Å². The molecule has 2 saturated heterocycles. The summed E-state index contributed by atoms with van der Waals surface area (Å²) in [5, 5.41) is 3.05. The Labute approximate surface area is 156 Å². The summed E-state index contributed by atoms with van der Waals surface area (Å²) >= 11 is 0. The minimum atomic E-state index is -0.134. The van der Waals surface area contributed by atoms with E-state index in [1.807, 2.05) is 30.1 Å². The van der Waals surface area contributed by atoms with Crippen molar-refractivity contribution in [1.29, 1.82) is 0 Å². The third kappa shape index (κ3) is 4.01. The lowest BCUT2D eigenvalue weighted by Crippen LogP contribution is -2.50. The number of hydrogen-bond donors (Lipinski definition) is 1. The van der Waals surface area contributed by atoms with Crippen molar-refractivity contribution in [1.82, 2.24) is 15.1 Å². The number of rotatable bonds is 3. The second-order valence-corrected chi connectivity index (χ2v) is 7.77. The van der Waals surface area contributed by atoms with Gasteiger partial charge in [-0.15, -0.1) is 0 Å².